The largest absolute Gasteiger partial charge is 0.469 e. The minimum absolute atomic E-state index is 0.0446. The first-order chi connectivity index (χ1) is 8.20. The second-order valence-corrected chi connectivity index (χ2v) is 4.34. The van der Waals surface area contributed by atoms with Gasteiger partial charge in [-0.2, -0.15) is 5.10 Å². The van der Waals surface area contributed by atoms with Gasteiger partial charge in [0.05, 0.1) is 18.7 Å². The minimum atomic E-state index is -0.130. The van der Waals surface area contributed by atoms with Crippen LogP contribution in [0.15, 0.2) is 12.1 Å². The average molecular weight is 235 g/mol. The first-order valence-corrected chi connectivity index (χ1v) is 5.84. The maximum Gasteiger partial charge on any atom is 0.310 e. The molecule has 0 amide bonds. The van der Waals surface area contributed by atoms with Crippen molar-refractivity contribution in [1.82, 2.24) is 10.2 Å². The monoisotopic (exact) mass is 235 g/mol. The molecule has 1 atom stereocenters. The number of methoxy groups -OCH3 is 1. The molecule has 2 rings (SSSR count). The van der Waals surface area contributed by atoms with Crippen molar-refractivity contribution in [2.24, 2.45) is 5.92 Å². The summed E-state index contributed by atoms with van der Waals surface area (Å²) in [6, 6.07) is 3.88. The zero-order valence-corrected chi connectivity index (χ0v) is 10.2. The Morgan fingerprint density at radius 3 is 2.94 bits per heavy atom. The number of hydrogen-bond donors (Lipinski definition) is 0. The molecular formula is C12H17N3O2. The highest BCUT2D eigenvalue weighted by atomic mass is 16.5. The fourth-order valence-electron chi connectivity index (χ4n) is 2.10. The molecule has 92 valence electrons. The van der Waals surface area contributed by atoms with Gasteiger partial charge in [0.15, 0.2) is 5.82 Å². The van der Waals surface area contributed by atoms with E-state index >= 15 is 0 Å². The number of piperidine rings is 1. The van der Waals surface area contributed by atoms with E-state index in [1.54, 1.807) is 0 Å². The van der Waals surface area contributed by atoms with Crippen molar-refractivity contribution in [3.05, 3.63) is 17.8 Å². The number of nitrogens with zero attached hydrogens (tertiary/aromatic N) is 3. The molecule has 0 bridgehead atoms. The molecular weight excluding hydrogens is 218 g/mol. The van der Waals surface area contributed by atoms with Crippen LogP contribution in [0.4, 0.5) is 5.82 Å². The van der Waals surface area contributed by atoms with E-state index in [0.29, 0.717) is 6.54 Å². The van der Waals surface area contributed by atoms with Crippen LogP contribution in [0.1, 0.15) is 18.5 Å². The lowest BCUT2D eigenvalue weighted by atomic mass is 9.98. The van der Waals surface area contributed by atoms with Gasteiger partial charge in [-0.05, 0) is 31.9 Å². The zero-order valence-electron chi connectivity index (χ0n) is 10.2. The lowest BCUT2D eigenvalue weighted by molar-refractivity contribution is -0.145. The van der Waals surface area contributed by atoms with Crippen LogP contribution in [-0.4, -0.2) is 36.4 Å². The molecule has 5 heteroatoms. The molecule has 0 radical (unpaired) electrons. The third kappa shape index (κ3) is 2.72. The zero-order chi connectivity index (χ0) is 12.3. The van der Waals surface area contributed by atoms with Crippen LogP contribution in [0, 0.1) is 12.8 Å². The van der Waals surface area contributed by atoms with Crippen molar-refractivity contribution >= 4 is 11.8 Å². The van der Waals surface area contributed by atoms with E-state index in [0.717, 1.165) is 30.9 Å². The van der Waals surface area contributed by atoms with Gasteiger partial charge < -0.3 is 9.64 Å². The van der Waals surface area contributed by atoms with E-state index in [9.17, 15) is 4.79 Å². The highest BCUT2D eigenvalue weighted by molar-refractivity contribution is 5.73. The number of carbonyl (C=O) groups is 1. The quantitative estimate of drug-likeness (QED) is 0.720. The summed E-state index contributed by atoms with van der Waals surface area (Å²) in [5, 5.41) is 8.18. The smallest absolute Gasteiger partial charge is 0.310 e. The van der Waals surface area contributed by atoms with Crippen molar-refractivity contribution in [1.29, 1.82) is 0 Å². The summed E-state index contributed by atoms with van der Waals surface area (Å²) in [4.78, 5) is 13.6. The maximum absolute atomic E-state index is 11.5. The molecule has 2 heterocycles. The number of anilines is 1. The molecule has 0 spiro atoms. The first kappa shape index (κ1) is 11.8. The Morgan fingerprint density at radius 2 is 2.29 bits per heavy atom. The van der Waals surface area contributed by atoms with Crippen LogP contribution >= 0.6 is 0 Å². The van der Waals surface area contributed by atoms with Gasteiger partial charge in [0.1, 0.15) is 0 Å². The molecule has 0 N–H and O–H groups in total. The van der Waals surface area contributed by atoms with E-state index in [1.165, 1.54) is 7.11 Å². The lowest BCUT2D eigenvalue weighted by Crippen LogP contribution is -2.39. The Hall–Kier alpha value is -1.65. The summed E-state index contributed by atoms with van der Waals surface area (Å²) < 4.78 is 4.79. The van der Waals surface area contributed by atoms with E-state index in [2.05, 4.69) is 15.1 Å². The second-order valence-electron chi connectivity index (χ2n) is 4.34. The van der Waals surface area contributed by atoms with E-state index in [4.69, 9.17) is 4.74 Å². The first-order valence-electron chi connectivity index (χ1n) is 5.84. The number of esters is 1. The normalized spacial score (nSPS) is 20.1. The topological polar surface area (TPSA) is 55.3 Å². The van der Waals surface area contributed by atoms with E-state index in [1.807, 2.05) is 19.1 Å². The van der Waals surface area contributed by atoms with Gasteiger partial charge in [-0.3, -0.25) is 4.79 Å². The molecule has 1 aliphatic rings. The molecule has 17 heavy (non-hydrogen) atoms. The molecule has 0 saturated carbocycles. The molecule has 1 saturated heterocycles. The van der Waals surface area contributed by atoms with Crippen molar-refractivity contribution in [3.63, 3.8) is 0 Å². The third-order valence-electron chi connectivity index (χ3n) is 3.06. The van der Waals surface area contributed by atoms with Gasteiger partial charge in [0.2, 0.25) is 0 Å². The Kier molecular flexibility index (Phi) is 3.56. The average Bonchev–Trinajstić information content (AvgIpc) is 2.39. The van der Waals surface area contributed by atoms with Gasteiger partial charge in [0, 0.05) is 13.1 Å². The van der Waals surface area contributed by atoms with Gasteiger partial charge in [-0.1, -0.05) is 0 Å². The van der Waals surface area contributed by atoms with Gasteiger partial charge in [-0.15, -0.1) is 5.10 Å². The van der Waals surface area contributed by atoms with E-state index < -0.39 is 0 Å². The summed E-state index contributed by atoms with van der Waals surface area (Å²) in [5.41, 5.74) is 0.898. The number of ether oxygens (including phenoxy) is 1. The third-order valence-corrected chi connectivity index (χ3v) is 3.06. The molecule has 0 aliphatic carbocycles. The summed E-state index contributed by atoms with van der Waals surface area (Å²) in [6.45, 7) is 3.50. The maximum atomic E-state index is 11.5. The van der Waals surface area contributed by atoms with Crippen LogP contribution < -0.4 is 4.90 Å². The fourth-order valence-corrected chi connectivity index (χ4v) is 2.10. The fraction of sp³-hybridized carbons (Fsp3) is 0.583. The number of aryl methyl sites for hydroxylation is 1. The highest BCUT2D eigenvalue weighted by Crippen LogP contribution is 2.21. The molecule has 1 fully saturated rings. The van der Waals surface area contributed by atoms with Gasteiger partial charge in [0.25, 0.3) is 0 Å². The van der Waals surface area contributed by atoms with Gasteiger partial charge >= 0.3 is 5.97 Å². The molecule has 0 aromatic carbocycles. The molecule has 1 aromatic heterocycles. The standard InChI is InChI=1S/C12H17N3O2/c1-9-5-6-11(14-13-9)15-7-3-4-10(8-15)12(16)17-2/h5-6,10H,3-4,7-8H2,1-2H3. The second kappa shape index (κ2) is 5.12. The van der Waals surface area contributed by atoms with Crippen molar-refractivity contribution < 1.29 is 9.53 Å². The summed E-state index contributed by atoms with van der Waals surface area (Å²) in [6.07, 6.45) is 1.87. The highest BCUT2D eigenvalue weighted by Gasteiger charge is 2.27. The van der Waals surface area contributed by atoms with Crippen LogP contribution in [0.5, 0.6) is 0 Å². The van der Waals surface area contributed by atoms with Crippen LogP contribution in [0.2, 0.25) is 0 Å². The predicted octanol–water partition coefficient (Wildman–Crippen LogP) is 1.17. The Balaban J connectivity index is 2.06. The van der Waals surface area contributed by atoms with Crippen molar-refractivity contribution in [2.75, 3.05) is 25.1 Å². The summed E-state index contributed by atoms with van der Waals surface area (Å²) >= 11 is 0. The van der Waals surface area contributed by atoms with Crippen molar-refractivity contribution in [3.8, 4) is 0 Å². The minimum Gasteiger partial charge on any atom is -0.469 e. The summed E-state index contributed by atoms with van der Waals surface area (Å²) in [7, 11) is 1.44. The number of aromatic nitrogens is 2. The molecule has 5 nitrogen and oxygen atoms in total. The number of rotatable bonds is 2. The van der Waals surface area contributed by atoms with Crippen LogP contribution in [0.25, 0.3) is 0 Å². The summed E-state index contributed by atoms with van der Waals surface area (Å²) in [5.74, 6) is 0.663. The van der Waals surface area contributed by atoms with E-state index in [-0.39, 0.29) is 11.9 Å². The Morgan fingerprint density at radius 1 is 1.47 bits per heavy atom. The molecule has 1 aromatic rings. The van der Waals surface area contributed by atoms with Crippen LogP contribution in [0.3, 0.4) is 0 Å². The molecule has 1 unspecified atom stereocenters. The lowest BCUT2D eigenvalue weighted by Gasteiger charge is -2.31. The van der Waals surface area contributed by atoms with Crippen LogP contribution in [-0.2, 0) is 9.53 Å². The SMILES string of the molecule is COC(=O)C1CCCN(c2ccc(C)nn2)C1. The number of carbonyl (C=O) groups excluding carboxylic acids is 1. The van der Waals surface area contributed by atoms with Gasteiger partial charge in [-0.25, -0.2) is 0 Å². The Bertz CT molecular complexity index is 391. The Labute approximate surface area is 101 Å². The van der Waals surface area contributed by atoms with Crippen molar-refractivity contribution in [2.45, 2.75) is 19.8 Å². The number of hydrogen-bond acceptors (Lipinski definition) is 5. The predicted molar refractivity (Wildman–Crippen MR) is 63.7 cm³/mol. The molecule has 1 aliphatic heterocycles.